The predicted octanol–water partition coefficient (Wildman–Crippen LogP) is 7.89. The number of rotatable bonds is 23. The van der Waals surface area contributed by atoms with Crippen molar-refractivity contribution in [1.29, 1.82) is 0 Å². The third kappa shape index (κ3) is 22.9. The largest absolute Gasteiger partial charge is 0.455 e. The Hall–Kier alpha value is -3.77. The fourth-order valence-electron chi connectivity index (χ4n) is 9.71. The van der Waals surface area contributed by atoms with Crippen LogP contribution in [0.2, 0.25) is 0 Å². The highest BCUT2D eigenvalue weighted by atomic mass is 79.9. The molecule has 2 saturated carbocycles. The Balaban J connectivity index is 0.00000171. The van der Waals surface area contributed by atoms with E-state index in [1.54, 1.807) is 13.8 Å². The van der Waals surface area contributed by atoms with Crippen LogP contribution in [0.25, 0.3) is 0 Å². The first kappa shape index (κ1) is 63.3. The average molecular weight is 1100 g/mol. The Morgan fingerprint density at radius 3 is 1.72 bits per heavy atom. The van der Waals surface area contributed by atoms with Gasteiger partial charge in [-0.25, -0.2) is 19.2 Å². The van der Waals surface area contributed by atoms with Gasteiger partial charge in [0.25, 0.3) is 5.91 Å². The molecular weight excluding hydrogens is 1020 g/mol. The van der Waals surface area contributed by atoms with Crippen LogP contribution in [-0.4, -0.2) is 143 Å². The molecule has 412 valence electrons. The molecule has 1 aliphatic heterocycles. The van der Waals surface area contributed by atoms with Gasteiger partial charge in [-0.05, 0) is 88.4 Å². The van der Waals surface area contributed by atoms with Crippen LogP contribution in [0.15, 0.2) is 0 Å². The Kier molecular flexibility index (Phi) is 23.1. The van der Waals surface area contributed by atoms with E-state index in [-0.39, 0.29) is 60.5 Å². The second-order valence-electron chi connectivity index (χ2n) is 23.1. The minimum Gasteiger partial charge on any atom is -0.450 e. The molecule has 24 heteroatoms. The molecule has 0 radical (unpaired) electrons. The molecule has 0 aromatic carbocycles. The number of unbranched alkanes of at least 4 members (excludes halogenated alkanes) is 1. The molecule has 1 heterocycles. The van der Waals surface area contributed by atoms with E-state index in [1.807, 2.05) is 27.7 Å². The van der Waals surface area contributed by atoms with Crippen LogP contribution in [0.3, 0.4) is 0 Å². The lowest BCUT2D eigenvalue weighted by atomic mass is 9.62. The summed E-state index contributed by atoms with van der Waals surface area (Å²) in [4.78, 5) is 71.3. The second-order valence-corrected chi connectivity index (χ2v) is 23.6. The van der Waals surface area contributed by atoms with Crippen molar-refractivity contribution in [2.75, 3.05) is 71.8 Å². The van der Waals surface area contributed by atoms with Crippen LogP contribution in [0.5, 0.6) is 0 Å². The molecule has 1 saturated heterocycles. The van der Waals surface area contributed by atoms with E-state index >= 15 is 0 Å². The van der Waals surface area contributed by atoms with Gasteiger partial charge in [0.05, 0.1) is 39.6 Å². The summed E-state index contributed by atoms with van der Waals surface area (Å²) in [6.45, 7) is 18.2. The highest BCUT2D eigenvalue weighted by molar-refractivity contribution is 9.09. The lowest BCUT2D eigenvalue weighted by Crippen LogP contribution is -2.57. The standard InChI is InChI=1S/C42H72BrF5N4O10.C5H8N2O2/c1-29(53)50-30-15-35(2,3)19-37(6,17-30)22-49-32(54)60-13-11-12-14-61-34(56)52-40(9)18-31(16-36(4,5)20-40)51-33(55)62-27-39(8,25-58-24-38(7,21-43)23-57-10)26-59-28-41(44,45)42(46,47)48;1-5(2)3(8)6-4(9)7-5/h30-31H,11-28H2,1-10H3,(H,49,54)(H,50,53)(H,51,55)(H,52,56);1-2H3,(H2,6,7,8,9). The third-order valence-corrected chi connectivity index (χ3v) is 13.6. The summed E-state index contributed by atoms with van der Waals surface area (Å²) in [5.74, 6) is -5.43. The number of carbonyl (C=O) groups is 6. The number of amides is 7. The van der Waals surface area contributed by atoms with Gasteiger partial charge in [0.15, 0.2) is 0 Å². The van der Waals surface area contributed by atoms with Gasteiger partial charge in [-0.3, -0.25) is 14.9 Å². The summed E-state index contributed by atoms with van der Waals surface area (Å²) >= 11 is 3.40. The van der Waals surface area contributed by atoms with Crippen LogP contribution in [0.4, 0.5) is 41.1 Å². The number of imide groups is 1. The van der Waals surface area contributed by atoms with E-state index in [4.69, 9.17) is 28.4 Å². The molecular formula is C47H80BrF5N6O12. The summed E-state index contributed by atoms with van der Waals surface area (Å²) < 4.78 is 97.8. The van der Waals surface area contributed by atoms with Crippen LogP contribution >= 0.6 is 15.9 Å². The molecule has 71 heavy (non-hydrogen) atoms. The molecule has 7 amide bonds. The maximum absolute atomic E-state index is 13.6. The SMILES string of the molecule is CC1(C)NC(=O)NC1=O.COCC(C)(CBr)COCC(C)(COCC(F)(F)C(F)(F)F)COC(=O)NC1CC(C)(C)CC(C)(NC(=O)OCCCCOC(=O)NCC2(C)CC(NC(C)=O)CC(C)(C)C2)C1. The van der Waals surface area contributed by atoms with Crippen molar-refractivity contribution >= 4 is 52.1 Å². The zero-order valence-electron chi connectivity index (χ0n) is 43.5. The number of methoxy groups -OCH3 is 1. The van der Waals surface area contributed by atoms with E-state index < -0.39 is 84.2 Å². The third-order valence-electron chi connectivity index (χ3n) is 12.2. The van der Waals surface area contributed by atoms with Gasteiger partial charge in [-0.2, -0.15) is 22.0 Å². The monoisotopic (exact) mass is 1090 g/mol. The first-order valence-corrected chi connectivity index (χ1v) is 24.9. The number of ether oxygens (including phenoxy) is 6. The first-order valence-electron chi connectivity index (χ1n) is 23.7. The molecule has 3 aliphatic rings. The molecule has 3 fully saturated rings. The number of hydrogen-bond donors (Lipinski definition) is 6. The first-order chi connectivity index (χ1) is 32.4. The van der Waals surface area contributed by atoms with Gasteiger partial charge in [-0.1, -0.05) is 64.4 Å². The minimum atomic E-state index is -5.80. The molecule has 0 spiro atoms. The molecule has 6 N–H and O–H groups in total. The molecule has 0 aromatic rings. The summed E-state index contributed by atoms with van der Waals surface area (Å²) in [5, 5.41) is 16.7. The van der Waals surface area contributed by atoms with Crippen LogP contribution in [0.1, 0.15) is 128 Å². The highest BCUT2D eigenvalue weighted by Crippen LogP contribution is 2.46. The highest BCUT2D eigenvalue weighted by Gasteiger charge is 2.58. The average Bonchev–Trinajstić information content (AvgIpc) is 3.43. The minimum absolute atomic E-state index is 0.00180. The van der Waals surface area contributed by atoms with Crippen molar-refractivity contribution in [2.24, 2.45) is 27.1 Å². The van der Waals surface area contributed by atoms with Gasteiger partial charge < -0.3 is 55.0 Å². The molecule has 6 unspecified atom stereocenters. The number of hydrogen-bond acceptors (Lipinski definition) is 12. The summed E-state index contributed by atoms with van der Waals surface area (Å²) in [5.41, 5.74) is -3.88. The fourth-order valence-corrected chi connectivity index (χ4v) is 10.0. The Bertz CT molecular complexity index is 1810. The van der Waals surface area contributed by atoms with Crippen molar-refractivity contribution in [3.8, 4) is 0 Å². The quantitative estimate of drug-likeness (QED) is 0.0189. The van der Waals surface area contributed by atoms with E-state index in [1.165, 1.54) is 21.0 Å². The molecule has 0 bridgehead atoms. The Labute approximate surface area is 423 Å². The van der Waals surface area contributed by atoms with E-state index in [2.05, 4.69) is 68.6 Å². The number of halogens is 6. The predicted molar refractivity (Wildman–Crippen MR) is 256 cm³/mol. The van der Waals surface area contributed by atoms with E-state index in [0.29, 0.717) is 50.6 Å². The maximum Gasteiger partial charge on any atom is 0.455 e. The molecule has 2 aliphatic carbocycles. The zero-order valence-corrected chi connectivity index (χ0v) is 45.1. The van der Waals surface area contributed by atoms with Crippen molar-refractivity contribution in [3.05, 3.63) is 0 Å². The molecule has 0 aromatic heterocycles. The van der Waals surface area contributed by atoms with Crippen molar-refractivity contribution in [3.63, 3.8) is 0 Å². The number of urea groups is 1. The summed E-state index contributed by atoms with van der Waals surface area (Å²) in [7, 11) is 1.52. The number of alkyl halides is 6. The number of nitrogens with one attached hydrogen (secondary N) is 6. The van der Waals surface area contributed by atoms with Crippen molar-refractivity contribution in [1.82, 2.24) is 31.9 Å². The smallest absolute Gasteiger partial charge is 0.450 e. The number of carbonyl (C=O) groups excluding carboxylic acids is 6. The van der Waals surface area contributed by atoms with Gasteiger partial charge in [0, 0.05) is 54.4 Å². The van der Waals surface area contributed by atoms with E-state index in [0.717, 1.165) is 19.3 Å². The lowest BCUT2D eigenvalue weighted by molar-refractivity contribution is -0.298. The number of alkyl carbamates (subject to hydrolysis) is 3. The van der Waals surface area contributed by atoms with Crippen LogP contribution in [-0.2, 0) is 38.0 Å². The van der Waals surface area contributed by atoms with E-state index in [9.17, 15) is 50.7 Å². The normalized spacial score (nSPS) is 25.3. The van der Waals surface area contributed by atoms with Gasteiger partial charge in [0.2, 0.25) is 5.91 Å². The van der Waals surface area contributed by atoms with Gasteiger partial charge in [-0.15, -0.1) is 0 Å². The summed E-state index contributed by atoms with van der Waals surface area (Å²) in [6.07, 6.45) is -3.07. The van der Waals surface area contributed by atoms with Crippen LogP contribution in [0, 0.1) is 27.1 Å². The van der Waals surface area contributed by atoms with Crippen LogP contribution < -0.4 is 31.9 Å². The van der Waals surface area contributed by atoms with Gasteiger partial charge >= 0.3 is 36.4 Å². The fraction of sp³-hybridized carbons (Fsp3) is 0.872. The molecule has 3 rings (SSSR count). The molecule has 6 atom stereocenters. The Morgan fingerprint density at radius 2 is 1.23 bits per heavy atom. The topological polar surface area (TPSA) is 230 Å². The maximum atomic E-state index is 13.6. The zero-order chi connectivity index (χ0) is 54.3. The Morgan fingerprint density at radius 1 is 0.690 bits per heavy atom. The lowest BCUT2D eigenvalue weighted by Gasteiger charge is -2.46. The van der Waals surface area contributed by atoms with Gasteiger partial charge in [0.1, 0.15) is 18.8 Å². The molecule has 18 nitrogen and oxygen atoms in total. The van der Waals surface area contributed by atoms with Crippen molar-refractivity contribution in [2.45, 2.75) is 163 Å². The summed E-state index contributed by atoms with van der Waals surface area (Å²) in [6, 6.07) is -0.850. The second kappa shape index (κ2) is 25.9. The van der Waals surface area contributed by atoms with Crippen molar-refractivity contribution < 1.29 is 79.1 Å².